The average Bonchev–Trinajstić information content (AvgIpc) is 2.56. The van der Waals surface area contributed by atoms with Gasteiger partial charge in [-0.25, -0.2) is 22.9 Å². The van der Waals surface area contributed by atoms with Gasteiger partial charge in [0.25, 0.3) is 5.91 Å². The Balaban J connectivity index is 2.03. The molecule has 1 heterocycles. The number of esters is 1. The van der Waals surface area contributed by atoms with Crippen molar-refractivity contribution in [2.24, 2.45) is 0 Å². The molecular weight excluding hydrogens is 315 g/mol. The summed E-state index contributed by atoms with van der Waals surface area (Å²) in [4.78, 5) is 30.9. The van der Waals surface area contributed by atoms with E-state index in [0.29, 0.717) is 6.07 Å². The van der Waals surface area contributed by atoms with E-state index in [0.717, 1.165) is 12.3 Å². The molecule has 1 aromatic heterocycles. The monoisotopic (exact) mass is 325 g/mol. The Morgan fingerprint density at radius 3 is 2.57 bits per heavy atom. The Kier molecular flexibility index (Phi) is 4.89. The van der Waals surface area contributed by atoms with Crippen LogP contribution >= 0.6 is 0 Å². The molecule has 1 aromatic carbocycles. The maximum absolute atomic E-state index is 13.5. The Labute approximate surface area is 128 Å². The summed E-state index contributed by atoms with van der Waals surface area (Å²) in [6.45, 7) is 1.22. The SMILES string of the molecule is CC(OC(=O)c1cnccn1)C(=O)Nc1ccc(F)c(F)c1F. The van der Waals surface area contributed by atoms with Gasteiger partial charge in [-0.05, 0) is 19.1 Å². The first-order valence-electron chi connectivity index (χ1n) is 6.31. The number of hydrogen-bond acceptors (Lipinski definition) is 5. The zero-order valence-corrected chi connectivity index (χ0v) is 11.7. The standard InChI is InChI=1S/C14H10F3N3O3/c1-7(23-14(22)10-6-18-4-5-19-10)13(21)20-9-3-2-8(15)11(16)12(9)17/h2-7H,1H3,(H,20,21). The number of ether oxygens (including phenoxy) is 1. The maximum Gasteiger partial charge on any atom is 0.359 e. The van der Waals surface area contributed by atoms with Crippen molar-refractivity contribution < 1.29 is 27.5 Å². The minimum absolute atomic E-state index is 0.119. The molecule has 23 heavy (non-hydrogen) atoms. The lowest BCUT2D eigenvalue weighted by Gasteiger charge is -2.13. The van der Waals surface area contributed by atoms with Gasteiger partial charge in [0, 0.05) is 12.4 Å². The number of carbonyl (C=O) groups is 2. The van der Waals surface area contributed by atoms with Crippen molar-refractivity contribution in [2.75, 3.05) is 5.32 Å². The number of aromatic nitrogens is 2. The van der Waals surface area contributed by atoms with Crippen LogP contribution in [0.3, 0.4) is 0 Å². The first-order valence-corrected chi connectivity index (χ1v) is 6.31. The summed E-state index contributed by atoms with van der Waals surface area (Å²) in [5.74, 6) is -6.49. The topological polar surface area (TPSA) is 81.2 Å². The number of anilines is 1. The fraction of sp³-hybridized carbons (Fsp3) is 0.143. The highest BCUT2D eigenvalue weighted by atomic mass is 19.2. The van der Waals surface area contributed by atoms with Gasteiger partial charge in [-0.1, -0.05) is 0 Å². The summed E-state index contributed by atoms with van der Waals surface area (Å²) in [6, 6.07) is 1.51. The lowest BCUT2D eigenvalue weighted by Crippen LogP contribution is -2.30. The van der Waals surface area contributed by atoms with Crippen molar-refractivity contribution in [1.82, 2.24) is 9.97 Å². The summed E-state index contributed by atoms with van der Waals surface area (Å²) in [5.41, 5.74) is -0.692. The lowest BCUT2D eigenvalue weighted by molar-refractivity contribution is -0.123. The summed E-state index contributed by atoms with van der Waals surface area (Å²) in [5, 5.41) is 2.00. The first-order chi connectivity index (χ1) is 10.9. The Morgan fingerprint density at radius 2 is 1.91 bits per heavy atom. The molecule has 0 spiro atoms. The van der Waals surface area contributed by atoms with Crippen molar-refractivity contribution >= 4 is 17.6 Å². The molecule has 2 aromatic rings. The Hall–Kier alpha value is -2.97. The molecule has 2 rings (SSSR count). The minimum atomic E-state index is -1.72. The number of hydrogen-bond donors (Lipinski definition) is 1. The summed E-state index contributed by atoms with van der Waals surface area (Å²) < 4.78 is 44.2. The quantitative estimate of drug-likeness (QED) is 0.687. The van der Waals surface area contributed by atoms with Gasteiger partial charge in [0.15, 0.2) is 29.2 Å². The fourth-order valence-electron chi connectivity index (χ4n) is 1.54. The van der Waals surface area contributed by atoms with Crippen LogP contribution in [0.2, 0.25) is 0 Å². The van der Waals surface area contributed by atoms with E-state index in [1.165, 1.54) is 19.3 Å². The second-order valence-corrected chi connectivity index (χ2v) is 4.35. The normalized spacial score (nSPS) is 11.7. The number of nitrogens with zero attached hydrogens (tertiary/aromatic N) is 2. The van der Waals surface area contributed by atoms with Crippen LogP contribution < -0.4 is 5.32 Å². The van der Waals surface area contributed by atoms with Crippen LogP contribution in [0.4, 0.5) is 18.9 Å². The molecule has 1 N–H and O–H groups in total. The summed E-state index contributed by atoms with van der Waals surface area (Å²) >= 11 is 0. The predicted octanol–water partition coefficient (Wildman–Crippen LogP) is 2.08. The molecule has 0 saturated carbocycles. The molecule has 1 unspecified atom stereocenters. The maximum atomic E-state index is 13.5. The molecule has 6 nitrogen and oxygen atoms in total. The smallest absolute Gasteiger partial charge is 0.359 e. The van der Waals surface area contributed by atoms with Crippen molar-refractivity contribution in [3.63, 3.8) is 0 Å². The van der Waals surface area contributed by atoms with Gasteiger partial charge in [-0.3, -0.25) is 9.78 Å². The van der Waals surface area contributed by atoms with E-state index in [4.69, 9.17) is 4.74 Å². The lowest BCUT2D eigenvalue weighted by atomic mass is 10.2. The fourth-order valence-corrected chi connectivity index (χ4v) is 1.54. The number of carbonyl (C=O) groups excluding carboxylic acids is 2. The van der Waals surface area contributed by atoms with Crippen molar-refractivity contribution in [3.05, 3.63) is 53.9 Å². The third kappa shape index (κ3) is 3.82. The molecule has 0 saturated heterocycles. The van der Waals surface area contributed by atoms with Crippen LogP contribution in [-0.2, 0) is 9.53 Å². The van der Waals surface area contributed by atoms with Gasteiger partial charge in [-0.15, -0.1) is 0 Å². The number of benzene rings is 1. The number of rotatable bonds is 4. The summed E-state index contributed by atoms with van der Waals surface area (Å²) in [6.07, 6.45) is 2.43. The van der Waals surface area contributed by atoms with E-state index in [-0.39, 0.29) is 5.69 Å². The second kappa shape index (κ2) is 6.86. The average molecular weight is 325 g/mol. The van der Waals surface area contributed by atoms with Gasteiger partial charge in [0.2, 0.25) is 0 Å². The van der Waals surface area contributed by atoms with Gasteiger partial charge in [0.1, 0.15) is 0 Å². The van der Waals surface area contributed by atoms with Crippen molar-refractivity contribution in [3.8, 4) is 0 Å². The van der Waals surface area contributed by atoms with E-state index >= 15 is 0 Å². The molecule has 0 aliphatic rings. The van der Waals surface area contributed by atoms with Crippen molar-refractivity contribution in [1.29, 1.82) is 0 Å². The molecular formula is C14H10F3N3O3. The summed E-state index contributed by atoms with van der Waals surface area (Å²) in [7, 11) is 0. The zero-order chi connectivity index (χ0) is 17.0. The molecule has 0 radical (unpaired) electrons. The highest BCUT2D eigenvalue weighted by molar-refractivity contribution is 5.96. The van der Waals surface area contributed by atoms with E-state index in [1.807, 2.05) is 5.32 Å². The third-order valence-electron chi connectivity index (χ3n) is 2.72. The zero-order valence-electron chi connectivity index (χ0n) is 11.7. The molecule has 1 amide bonds. The van der Waals surface area contributed by atoms with Gasteiger partial charge >= 0.3 is 5.97 Å². The predicted molar refractivity (Wildman–Crippen MR) is 71.9 cm³/mol. The Morgan fingerprint density at radius 1 is 1.17 bits per heavy atom. The first kappa shape index (κ1) is 16.4. The number of halogens is 3. The minimum Gasteiger partial charge on any atom is -0.448 e. The second-order valence-electron chi connectivity index (χ2n) is 4.35. The van der Waals surface area contributed by atoms with Gasteiger partial charge < -0.3 is 10.1 Å². The Bertz CT molecular complexity index is 741. The number of amides is 1. The molecule has 1 atom stereocenters. The van der Waals surface area contributed by atoms with Crippen LogP contribution in [0.1, 0.15) is 17.4 Å². The van der Waals surface area contributed by atoms with Crippen LogP contribution in [0.5, 0.6) is 0 Å². The van der Waals surface area contributed by atoms with Gasteiger partial charge in [0.05, 0.1) is 11.9 Å². The largest absolute Gasteiger partial charge is 0.448 e. The van der Waals surface area contributed by atoms with E-state index in [1.54, 1.807) is 0 Å². The van der Waals surface area contributed by atoms with E-state index in [2.05, 4.69) is 9.97 Å². The molecule has 9 heteroatoms. The molecule has 120 valence electrons. The van der Waals surface area contributed by atoms with Crippen molar-refractivity contribution in [2.45, 2.75) is 13.0 Å². The third-order valence-corrected chi connectivity index (χ3v) is 2.72. The van der Waals surface area contributed by atoms with Crippen LogP contribution in [-0.4, -0.2) is 27.9 Å². The highest BCUT2D eigenvalue weighted by Gasteiger charge is 2.22. The van der Waals surface area contributed by atoms with Gasteiger partial charge in [-0.2, -0.15) is 0 Å². The molecule has 0 aliphatic heterocycles. The molecule has 0 fully saturated rings. The van der Waals surface area contributed by atoms with Crippen LogP contribution in [0.15, 0.2) is 30.7 Å². The highest BCUT2D eigenvalue weighted by Crippen LogP contribution is 2.20. The molecule has 0 bridgehead atoms. The van der Waals surface area contributed by atoms with E-state index < -0.39 is 41.1 Å². The van der Waals surface area contributed by atoms with Crippen LogP contribution in [0, 0.1) is 17.5 Å². The van der Waals surface area contributed by atoms with E-state index in [9.17, 15) is 22.8 Å². The molecule has 0 aliphatic carbocycles. The van der Waals surface area contributed by atoms with Crippen LogP contribution in [0.25, 0.3) is 0 Å². The number of nitrogens with one attached hydrogen (secondary N) is 1.